The fourth-order valence-corrected chi connectivity index (χ4v) is 2.18. The minimum atomic E-state index is -0.240. The molecule has 136 valence electrons. The van der Waals surface area contributed by atoms with Crippen molar-refractivity contribution in [1.82, 2.24) is 0 Å². The van der Waals surface area contributed by atoms with Gasteiger partial charge < -0.3 is 15.4 Å². The molecule has 2 N–H and O–H groups in total. The second-order valence-corrected chi connectivity index (χ2v) is 6.01. The van der Waals surface area contributed by atoms with Gasteiger partial charge in [0.2, 0.25) is 11.8 Å². The molecule has 2 aromatic rings. The lowest BCUT2D eigenvalue weighted by molar-refractivity contribution is -0.119. The highest BCUT2D eigenvalue weighted by Gasteiger charge is 2.07. The molecule has 0 saturated heterocycles. The zero-order chi connectivity index (χ0) is 18.9. The monoisotopic (exact) mass is 352 g/mol. The van der Waals surface area contributed by atoms with E-state index in [1.807, 2.05) is 45.0 Å². The molecular formula is C21H24N2O3. The Balaban J connectivity index is 1.96. The van der Waals surface area contributed by atoms with Crippen molar-refractivity contribution in [1.29, 1.82) is 0 Å². The molecule has 0 aliphatic rings. The van der Waals surface area contributed by atoms with Gasteiger partial charge in [-0.25, -0.2) is 0 Å². The summed E-state index contributed by atoms with van der Waals surface area (Å²) in [4.78, 5) is 23.8. The first-order chi connectivity index (χ1) is 12.5. The topological polar surface area (TPSA) is 67.4 Å². The van der Waals surface area contributed by atoms with Crippen molar-refractivity contribution < 1.29 is 14.3 Å². The van der Waals surface area contributed by atoms with Gasteiger partial charge in [0.05, 0.1) is 6.61 Å². The Labute approximate surface area is 154 Å². The average molecular weight is 352 g/mol. The predicted molar refractivity (Wildman–Crippen MR) is 105 cm³/mol. The Bertz CT molecular complexity index is 780. The van der Waals surface area contributed by atoms with E-state index in [0.29, 0.717) is 18.0 Å². The molecule has 0 heterocycles. The molecular weight excluding hydrogens is 328 g/mol. The molecule has 0 unspecified atom stereocenters. The van der Waals surface area contributed by atoms with E-state index in [-0.39, 0.29) is 17.7 Å². The highest BCUT2D eigenvalue weighted by molar-refractivity contribution is 6.02. The van der Waals surface area contributed by atoms with E-state index in [1.165, 1.54) is 6.08 Å². The van der Waals surface area contributed by atoms with Crippen molar-refractivity contribution >= 4 is 29.3 Å². The summed E-state index contributed by atoms with van der Waals surface area (Å²) in [7, 11) is 0. The highest BCUT2D eigenvalue weighted by atomic mass is 16.5. The van der Waals surface area contributed by atoms with E-state index in [2.05, 4.69) is 10.6 Å². The van der Waals surface area contributed by atoms with Crippen molar-refractivity contribution in [2.24, 2.45) is 5.92 Å². The third-order valence-electron chi connectivity index (χ3n) is 3.58. The van der Waals surface area contributed by atoms with Gasteiger partial charge in [0.15, 0.2) is 0 Å². The Hall–Kier alpha value is -3.08. The first kappa shape index (κ1) is 19.2. The molecule has 0 radical (unpaired) electrons. The van der Waals surface area contributed by atoms with Crippen LogP contribution in [-0.4, -0.2) is 18.4 Å². The molecule has 5 heteroatoms. The lowest BCUT2D eigenvalue weighted by atomic mass is 10.2. The molecule has 0 spiro atoms. The van der Waals surface area contributed by atoms with E-state index in [9.17, 15) is 9.59 Å². The molecule has 0 aliphatic carbocycles. The maximum atomic E-state index is 12.1. The van der Waals surface area contributed by atoms with Crippen LogP contribution in [0.2, 0.25) is 0 Å². The summed E-state index contributed by atoms with van der Waals surface area (Å²) in [6.07, 6.45) is 3.18. The van der Waals surface area contributed by atoms with Crippen molar-refractivity contribution in [2.75, 3.05) is 17.2 Å². The molecule has 0 saturated carbocycles. The summed E-state index contributed by atoms with van der Waals surface area (Å²) in [5, 5.41) is 5.59. The van der Waals surface area contributed by atoms with Crippen molar-refractivity contribution in [2.45, 2.75) is 20.8 Å². The maximum absolute atomic E-state index is 12.1. The number of nitrogens with one attached hydrogen (secondary N) is 2. The van der Waals surface area contributed by atoms with Gasteiger partial charge in [0.25, 0.3) is 0 Å². The quantitative estimate of drug-likeness (QED) is 0.729. The summed E-state index contributed by atoms with van der Waals surface area (Å²) in [5.41, 5.74) is 2.19. The van der Waals surface area contributed by atoms with Crippen LogP contribution in [0, 0.1) is 5.92 Å². The Kier molecular flexibility index (Phi) is 6.97. The molecule has 0 atom stereocenters. The number of carbonyl (C=O) groups excluding carboxylic acids is 2. The Morgan fingerprint density at radius 2 is 1.62 bits per heavy atom. The zero-order valence-corrected chi connectivity index (χ0v) is 15.3. The van der Waals surface area contributed by atoms with Crippen molar-refractivity contribution in [3.05, 3.63) is 60.2 Å². The van der Waals surface area contributed by atoms with Crippen molar-refractivity contribution in [3.63, 3.8) is 0 Å². The lowest BCUT2D eigenvalue weighted by Gasteiger charge is -2.09. The van der Waals surface area contributed by atoms with Gasteiger partial charge >= 0.3 is 0 Å². The first-order valence-electron chi connectivity index (χ1n) is 8.61. The fourth-order valence-electron chi connectivity index (χ4n) is 2.18. The van der Waals surface area contributed by atoms with Crippen LogP contribution in [0.5, 0.6) is 5.75 Å². The number of para-hydroxylation sites is 1. The average Bonchev–Trinajstić information content (AvgIpc) is 2.63. The minimum Gasteiger partial charge on any atom is -0.493 e. The molecule has 2 aromatic carbocycles. The van der Waals surface area contributed by atoms with E-state index in [4.69, 9.17) is 4.74 Å². The molecule has 0 bridgehead atoms. The zero-order valence-electron chi connectivity index (χ0n) is 15.3. The summed E-state index contributed by atoms with van der Waals surface area (Å²) < 4.78 is 5.53. The standard InChI is InChI=1S/C21H24N2O3/c1-4-26-19-8-6-5-7-16(19)9-14-20(24)22-17-10-12-18(13-11-17)23-21(25)15(2)3/h5-15H,4H2,1-3H3,(H,22,24)(H,23,25)/b14-9+. The third kappa shape index (κ3) is 5.77. The maximum Gasteiger partial charge on any atom is 0.248 e. The minimum absolute atomic E-state index is 0.0438. The molecule has 0 aromatic heterocycles. The van der Waals surface area contributed by atoms with Gasteiger partial charge in [0, 0.05) is 28.9 Å². The summed E-state index contributed by atoms with van der Waals surface area (Å²) >= 11 is 0. The Morgan fingerprint density at radius 1 is 1.00 bits per heavy atom. The Morgan fingerprint density at radius 3 is 2.23 bits per heavy atom. The van der Waals surface area contributed by atoms with E-state index in [0.717, 1.165) is 11.3 Å². The molecule has 0 aliphatic heterocycles. The number of benzene rings is 2. The summed E-state index contributed by atoms with van der Waals surface area (Å²) in [6, 6.07) is 14.5. The van der Waals surface area contributed by atoms with Crippen LogP contribution in [0.1, 0.15) is 26.3 Å². The van der Waals surface area contributed by atoms with Gasteiger partial charge in [0.1, 0.15) is 5.75 Å². The summed E-state index contributed by atoms with van der Waals surface area (Å²) in [5.74, 6) is 0.372. The summed E-state index contributed by atoms with van der Waals surface area (Å²) in [6.45, 7) is 6.15. The van der Waals surface area contributed by atoms with Crippen LogP contribution in [0.25, 0.3) is 6.08 Å². The van der Waals surface area contributed by atoms with Crippen LogP contribution >= 0.6 is 0 Å². The van der Waals surface area contributed by atoms with Gasteiger partial charge in [-0.1, -0.05) is 32.0 Å². The number of anilines is 2. The molecule has 5 nitrogen and oxygen atoms in total. The van der Waals surface area contributed by atoms with Crippen LogP contribution in [-0.2, 0) is 9.59 Å². The van der Waals surface area contributed by atoms with E-state index in [1.54, 1.807) is 30.3 Å². The van der Waals surface area contributed by atoms with E-state index >= 15 is 0 Å². The van der Waals surface area contributed by atoms with Gasteiger partial charge in [-0.05, 0) is 43.3 Å². The van der Waals surface area contributed by atoms with Gasteiger partial charge in [-0.3, -0.25) is 9.59 Å². The SMILES string of the molecule is CCOc1ccccc1/C=C/C(=O)Nc1ccc(NC(=O)C(C)C)cc1. The number of carbonyl (C=O) groups is 2. The van der Waals surface area contributed by atoms with Crippen LogP contribution < -0.4 is 15.4 Å². The van der Waals surface area contributed by atoms with Crippen molar-refractivity contribution in [3.8, 4) is 5.75 Å². The lowest BCUT2D eigenvalue weighted by Crippen LogP contribution is -2.17. The third-order valence-corrected chi connectivity index (χ3v) is 3.58. The number of amides is 2. The molecule has 26 heavy (non-hydrogen) atoms. The number of rotatable bonds is 7. The van der Waals surface area contributed by atoms with E-state index < -0.39 is 0 Å². The van der Waals surface area contributed by atoms with Crippen LogP contribution in [0.15, 0.2) is 54.6 Å². The second kappa shape index (κ2) is 9.42. The van der Waals surface area contributed by atoms with Gasteiger partial charge in [-0.15, -0.1) is 0 Å². The largest absolute Gasteiger partial charge is 0.493 e. The second-order valence-electron chi connectivity index (χ2n) is 6.01. The first-order valence-corrected chi connectivity index (χ1v) is 8.61. The molecule has 2 amide bonds. The molecule has 2 rings (SSSR count). The van der Waals surface area contributed by atoms with Crippen LogP contribution in [0.3, 0.4) is 0 Å². The smallest absolute Gasteiger partial charge is 0.248 e. The van der Waals surface area contributed by atoms with Crippen LogP contribution in [0.4, 0.5) is 11.4 Å². The molecule has 0 fully saturated rings. The normalized spacial score (nSPS) is 10.8. The number of hydrogen-bond acceptors (Lipinski definition) is 3. The fraction of sp³-hybridized carbons (Fsp3) is 0.238. The predicted octanol–water partition coefficient (Wildman–Crippen LogP) is 4.33. The highest BCUT2D eigenvalue weighted by Crippen LogP contribution is 2.19. The van der Waals surface area contributed by atoms with Gasteiger partial charge in [-0.2, -0.15) is 0 Å². The number of ether oxygens (including phenoxy) is 1. The number of hydrogen-bond donors (Lipinski definition) is 2.